The highest BCUT2D eigenvalue weighted by Gasteiger charge is 2.30. The average Bonchev–Trinajstić information content (AvgIpc) is 2.44. The van der Waals surface area contributed by atoms with E-state index in [1.165, 1.54) is 6.42 Å². The molecule has 0 spiro atoms. The number of aliphatic hydroxyl groups is 1. The summed E-state index contributed by atoms with van der Waals surface area (Å²) in [5.41, 5.74) is -0.562. The third-order valence-electron chi connectivity index (χ3n) is 4.38. The Hall–Kier alpha value is -1.10. The number of nitrogens with one attached hydrogen (secondary N) is 1. The summed E-state index contributed by atoms with van der Waals surface area (Å²) in [5.74, 6) is 0.378. The molecule has 5 heteroatoms. The summed E-state index contributed by atoms with van der Waals surface area (Å²) in [7, 11) is 0. The number of rotatable bonds is 7. The van der Waals surface area contributed by atoms with Crippen LogP contribution in [0.5, 0.6) is 0 Å². The number of ether oxygens (including phenoxy) is 1. The average molecular weight is 341 g/mol. The van der Waals surface area contributed by atoms with Gasteiger partial charge in [0.05, 0.1) is 0 Å². The summed E-state index contributed by atoms with van der Waals surface area (Å²) in [6, 6.07) is -0.216. The van der Waals surface area contributed by atoms with Crippen molar-refractivity contribution in [2.45, 2.75) is 97.3 Å². The number of alkyl carbamates (subject to hydrolysis) is 1. The van der Waals surface area contributed by atoms with E-state index in [4.69, 9.17) is 4.74 Å². The lowest BCUT2D eigenvalue weighted by Gasteiger charge is -2.32. The molecular formula is C19H35NO4. The number of hydrogen-bond acceptors (Lipinski definition) is 4. The van der Waals surface area contributed by atoms with E-state index in [1.807, 2.05) is 34.6 Å². The smallest absolute Gasteiger partial charge is 0.407 e. The first-order chi connectivity index (χ1) is 11.1. The zero-order valence-corrected chi connectivity index (χ0v) is 15.9. The van der Waals surface area contributed by atoms with E-state index in [2.05, 4.69) is 5.32 Å². The zero-order valence-electron chi connectivity index (χ0n) is 15.9. The summed E-state index contributed by atoms with van der Waals surface area (Å²) in [4.78, 5) is 24.2. The Kier molecular flexibility index (Phi) is 8.20. The molecule has 1 unspecified atom stereocenters. The first-order valence-corrected chi connectivity index (χ1v) is 9.28. The van der Waals surface area contributed by atoms with Crippen LogP contribution in [-0.2, 0) is 9.53 Å². The molecule has 2 N–H and O–H groups in total. The van der Waals surface area contributed by atoms with Crippen molar-refractivity contribution in [1.82, 2.24) is 5.32 Å². The van der Waals surface area contributed by atoms with Gasteiger partial charge in [0.15, 0.2) is 5.78 Å². The SMILES string of the molecule is CC(C)CC(=O)[C@H](O)CC(NC(=O)OC(C)(C)C)C1CCCCC1. The number of aliphatic hydroxyl groups excluding tert-OH is 1. The molecule has 1 fully saturated rings. The fourth-order valence-corrected chi connectivity index (χ4v) is 3.28. The van der Waals surface area contributed by atoms with Crippen molar-refractivity contribution in [2.75, 3.05) is 0 Å². The van der Waals surface area contributed by atoms with Crippen LogP contribution in [0.3, 0.4) is 0 Å². The standard InChI is InChI=1S/C19H35NO4/c1-13(2)11-16(21)17(22)12-15(14-9-7-6-8-10-14)20-18(23)24-19(3,4)5/h13-15,17,22H,6-12H2,1-5H3,(H,20,23)/t15?,17-/m1/s1. The van der Waals surface area contributed by atoms with Gasteiger partial charge in [-0.3, -0.25) is 4.79 Å². The minimum absolute atomic E-state index is 0.142. The Balaban J connectivity index is 2.70. The summed E-state index contributed by atoms with van der Waals surface area (Å²) in [5, 5.41) is 13.2. The molecule has 0 radical (unpaired) electrons. The minimum atomic E-state index is -1.02. The lowest BCUT2D eigenvalue weighted by molar-refractivity contribution is -0.128. The van der Waals surface area contributed by atoms with E-state index < -0.39 is 17.8 Å². The summed E-state index contributed by atoms with van der Waals surface area (Å²) < 4.78 is 5.35. The molecule has 0 saturated heterocycles. The normalized spacial score (nSPS) is 19.0. The quantitative estimate of drug-likeness (QED) is 0.738. The number of amides is 1. The molecule has 1 aliphatic rings. The molecular weight excluding hydrogens is 306 g/mol. The zero-order chi connectivity index (χ0) is 18.3. The molecule has 0 heterocycles. The fourth-order valence-electron chi connectivity index (χ4n) is 3.28. The second-order valence-electron chi connectivity index (χ2n) is 8.47. The van der Waals surface area contributed by atoms with Crippen molar-refractivity contribution in [3.8, 4) is 0 Å². The van der Waals surface area contributed by atoms with Crippen molar-refractivity contribution in [2.24, 2.45) is 11.8 Å². The highest BCUT2D eigenvalue weighted by atomic mass is 16.6. The molecule has 1 aliphatic carbocycles. The van der Waals surface area contributed by atoms with Gasteiger partial charge in [-0.15, -0.1) is 0 Å². The van der Waals surface area contributed by atoms with Crippen molar-refractivity contribution >= 4 is 11.9 Å². The maximum absolute atomic E-state index is 12.1. The molecule has 0 aromatic carbocycles. The molecule has 1 saturated carbocycles. The number of carbonyl (C=O) groups excluding carboxylic acids is 2. The lowest BCUT2D eigenvalue weighted by Crippen LogP contribution is -2.46. The Morgan fingerprint density at radius 2 is 1.75 bits per heavy atom. The van der Waals surface area contributed by atoms with Crippen LogP contribution in [0.4, 0.5) is 4.79 Å². The van der Waals surface area contributed by atoms with E-state index in [1.54, 1.807) is 0 Å². The van der Waals surface area contributed by atoms with E-state index in [0.29, 0.717) is 12.3 Å². The van der Waals surface area contributed by atoms with Crippen LogP contribution in [0.1, 0.15) is 79.6 Å². The Bertz CT molecular complexity index is 408. The van der Waals surface area contributed by atoms with Gasteiger partial charge < -0.3 is 15.2 Å². The van der Waals surface area contributed by atoms with E-state index in [0.717, 1.165) is 25.7 Å². The van der Waals surface area contributed by atoms with Gasteiger partial charge in [0.1, 0.15) is 11.7 Å². The highest BCUT2D eigenvalue weighted by Crippen LogP contribution is 2.29. The third kappa shape index (κ3) is 8.13. The molecule has 0 aromatic heterocycles. The Morgan fingerprint density at radius 3 is 2.25 bits per heavy atom. The summed E-state index contributed by atoms with van der Waals surface area (Å²) in [6.45, 7) is 9.39. The molecule has 1 rings (SSSR count). The van der Waals surface area contributed by atoms with E-state index in [-0.39, 0.29) is 24.2 Å². The molecule has 140 valence electrons. The number of Topliss-reactive ketones (excluding diaryl/α,β-unsaturated/α-hetero) is 1. The Labute approximate surface area is 146 Å². The van der Waals surface area contributed by atoms with Gasteiger partial charge in [0.25, 0.3) is 0 Å². The molecule has 24 heavy (non-hydrogen) atoms. The van der Waals surface area contributed by atoms with Crippen LogP contribution in [0.15, 0.2) is 0 Å². The van der Waals surface area contributed by atoms with Crippen LogP contribution in [0, 0.1) is 11.8 Å². The molecule has 0 bridgehead atoms. The second kappa shape index (κ2) is 9.40. The number of carbonyl (C=O) groups is 2. The van der Waals surface area contributed by atoms with Gasteiger partial charge in [-0.2, -0.15) is 0 Å². The van der Waals surface area contributed by atoms with Gasteiger partial charge >= 0.3 is 6.09 Å². The fraction of sp³-hybridized carbons (Fsp3) is 0.895. The van der Waals surface area contributed by atoms with Crippen LogP contribution in [0.25, 0.3) is 0 Å². The highest BCUT2D eigenvalue weighted by molar-refractivity contribution is 5.83. The van der Waals surface area contributed by atoms with Crippen molar-refractivity contribution in [3.63, 3.8) is 0 Å². The predicted molar refractivity (Wildman–Crippen MR) is 94.8 cm³/mol. The monoisotopic (exact) mass is 341 g/mol. The van der Waals surface area contributed by atoms with Gasteiger partial charge in [0, 0.05) is 18.9 Å². The number of hydrogen-bond donors (Lipinski definition) is 2. The van der Waals surface area contributed by atoms with Crippen LogP contribution < -0.4 is 5.32 Å². The summed E-state index contributed by atoms with van der Waals surface area (Å²) in [6.07, 6.45) is 4.67. The van der Waals surface area contributed by atoms with Gasteiger partial charge in [-0.25, -0.2) is 4.79 Å². The topological polar surface area (TPSA) is 75.6 Å². The third-order valence-corrected chi connectivity index (χ3v) is 4.38. The minimum Gasteiger partial charge on any atom is -0.444 e. The maximum Gasteiger partial charge on any atom is 0.407 e. The van der Waals surface area contributed by atoms with E-state index in [9.17, 15) is 14.7 Å². The first-order valence-electron chi connectivity index (χ1n) is 9.28. The molecule has 0 aliphatic heterocycles. The van der Waals surface area contributed by atoms with Crippen LogP contribution in [-0.4, -0.2) is 34.7 Å². The van der Waals surface area contributed by atoms with Crippen molar-refractivity contribution in [3.05, 3.63) is 0 Å². The van der Waals surface area contributed by atoms with Crippen LogP contribution >= 0.6 is 0 Å². The molecule has 2 atom stereocenters. The van der Waals surface area contributed by atoms with Crippen LogP contribution in [0.2, 0.25) is 0 Å². The van der Waals surface area contributed by atoms with E-state index >= 15 is 0 Å². The van der Waals surface area contributed by atoms with Crippen molar-refractivity contribution in [1.29, 1.82) is 0 Å². The first kappa shape index (κ1) is 20.9. The Morgan fingerprint density at radius 1 is 1.17 bits per heavy atom. The molecule has 0 aromatic rings. The predicted octanol–water partition coefficient (Wildman–Crippen LogP) is 3.83. The van der Waals surface area contributed by atoms with Gasteiger partial charge in [-0.1, -0.05) is 33.1 Å². The molecule has 5 nitrogen and oxygen atoms in total. The largest absolute Gasteiger partial charge is 0.444 e. The second-order valence-corrected chi connectivity index (χ2v) is 8.47. The van der Waals surface area contributed by atoms with Crippen molar-refractivity contribution < 1.29 is 19.4 Å². The van der Waals surface area contributed by atoms with Gasteiger partial charge in [-0.05, 0) is 45.4 Å². The van der Waals surface area contributed by atoms with Gasteiger partial charge in [0.2, 0.25) is 0 Å². The summed E-state index contributed by atoms with van der Waals surface area (Å²) >= 11 is 0. The maximum atomic E-state index is 12.1. The lowest BCUT2D eigenvalue weighted by atomic mass is 9.81. The number of ketones is 1. The molecule has 1 amide bonds.